The summed E-state index contributed by atoms with van der Waals surface area (Å²) in [5.74, 6) is -4.26. The van der Waals surface area contributed by atoms with Crippen LogP contribution in [0.1, 0.15) is 5.69 Å². The van der Waals surface area contributed by atoms with E-state index in [0.717, 1.165) is 6.26 Å². The topological polar surface area (TPSA) is 55.5 Å². The van der Waals surface area contributed by atoms with Gasteiger partial charge in [-0.2, -0.15) is 13.8 Å². The van der Waals surface area contributed by atoms with E-state index in [1.807, 2.05) is 0 Å². The number of hydrogen-bond acceptors (Lipinski definition) is 4. The molecule has 0 aliphatic heterocycles. The van der Waals surface area contributed by atoms with Crippen molar-refractivity contribution in [3.05, 3.63) is 12.0 Å². The van der Waals surface area contributed by atoms with E-state index < -0.39 is 31.6 Å². The van der Waals surface area contributed by atoms with E-state index in [4.69, 9.17) is 5.11 Å². The highest BCUT2D eigenvalue weighted by Gasteiger charge is 2.42. The molecule has 1 aromatic rings. The van der Waals surface area contributed by atoms with E-state index in [9.17, 15) is 17.6 Å². The van der Waals surface area contributed by atoms with Crippen molar-refractivity contribution in [1.82, 2.24) is 4.98 Å². The van der Waals surface area contributed by atoms with Crippen LogP contribution in [0.3, 0.4) is 0 Å². The van der Waals surface area contributed by atoms with Crippen LogP contribution < -0.4 is 4.74 Å². The second-order valence-electron chi connectivity index (χ2n) is 2.61. The number of aliphatic hydroxyl groups is 1. The zero-order chi connectivity index (χ0) is 11.5. The van der Waals surface area contributed by atoms with Gasteiger partial charge in [0, 0.05) is 0 Å². The van der Waals surface area contributed by atoms with Crippen molar-refractivity contribution in [3.8, 4) is 6.08 Å². The molecule has 86 valence electrons. The van der Waals surface area contributed by atoms with Gasteiger partial charge >= 0.3 is 18.4 Å². The molecule has 1 rings (SSSR count). The largest absolute Gasteiger partial charge is 0.444 e. The Bertz CT molecular complexity index is 315. The van der Waals surface area contributed by atoms with Crippen molar-refractivity contribution in [2.45, 2.75) is 19.0 Å². The average molecular weight is 229 g/mol. The zero-order valence-corrected chi connectivity index (χ0v) is 7.29. The molecule has 4 nitrogen and oxygen atoms in total. The first-order chi connectivity index (χ1) is 6.95. The molecule has 1 heterocycles. The second kappa shape index (κ2) is 4.47. The minimum atomic E-state index is -4.26. The van der Waals surface area contributed by atoms with Gasteiger partial charge in [-0.15, -0.1) is 0 Å². The molecule has 0 unspecified atom stereocenters. The van der Waals surface area contributed by atoms with E-state index in [-0.39, 0.29) is 5.69 Å². The Balaban J connectivity index is 2.50. The molecule has 0 aromatic carbocycles. The lowest BCUT2D eigenvalue weighted by Gasteiger charge is -2.13. The lowest BCUT2D eigenvalue weighted by Crippen LogP contribution is -2.33. The first-order valence-corrected chi connectivity index (χ1v) is 3.79. The zero-order valence-electron chi connectivity index (χ0n) is 7.29. The van der Waals surface area contributed by atoms with Crippen LogP contribution in [0.2, 0.25) is 0 Å². The van der Waals surface area contributed by atoms with Crippen LogP contribution in [0.25, 0.3) is 0 Å². The van der Waals surface area contributed by atoms with Gasteiger partial charge in [0.1, 0.15) is 12.0 Å². The molecule has 0 atom stereocenters. The molecule has 0 aliphatic rings. The van der Waals surface area contributed by atoms with Gasteiger partial charge < -0.3 is 14.3 Å². The van der Waals surface area contributed by atoms with Crippen LogP contribution in [0, 0.1) is 0 Å². The molecule has 0 fully saturated rings. The number of ether oxygens (including phenoxy) is 1. The third kappa shape index (κ3) is 3.08. The lowest BCUT2D eigenvalue weighted by atomic mass is 10.4. The van der Waals surface area contributed by atoms with Crippen molar-refractivity contribution in [2.24, 2.45) is 0 Å². The fourth-order valence-corrected chi connectivity index (χ4v) is 0.648. The van der Waals surface area contributed by atoms with Gasteiger partial charge in [-0.05, 0) is 0 Å². The lowest BCUT2D eigenvalue weighted by molar-refractivity contribution is -0.151. The third-order valence-corrected chi connectivity index (χ3v) is 1.40. The quantitative estimate of drug-likeness (QED) is 0.776. The van der Waals surface area contributed by atoms with E-state index in [2.05, 4.69) is 14.1 Å². The van der Waals surface area contributed by atoms with Crippen molar-refractivity contribution in [2.75, 3.05) is 6.61 Å². The predicted molar refractivity (Wildman–Crippen MR) is 38.9 cm³/mol. The molecule has 1 N–H and O–H groups in total. The van der Waals surface area contributed by atoms with Crippen LogP contribution in [0.15, 0.2) is 10.7 Å². The summed E-state index contributed by atoms with van der Waals surface area (Å²) in [6, 6.07) is 0. The third-order valence-electron chi connectivity index (χ3n) is 1.40. The first kappa shape index (κ1) is 11.8. The van der Waals surface area contributed by atoms with Gasteiger partial charge in [0.15, 0.2) is 6.61 Å². The van der Waals surface area contributed by atoms with Crippen molar-refractivity contribution < 1.29 is 31.8 Å². The highest BCUT2D eigenvalue weighted by atomic mass is 19.3. The number of aliphatic hydroxyl groups excluding tert-OH is 1. The van der Waals surface area contributed by atoms with Gasteiger partial charge in [-0.1, -0.05) is 0 Å². The van der Waals surface area contributed by atoms with Crippen LogP contribution in [-0.2, 0) is 6.61 Å². The summed E-state index contributed by atoms with van der Waals surface area (Å²) < 4.78 is 56.6. The summed E-state index contributed by atoms with van der Waals surface area (Å²) >= 11 is 0. The maximum absolute atomic E-state index is 12.3. The first-order valence-electron chi connectivity index (χ1n) is 3.79. The van der Waals surface area contributed by atoms with Crippen molar-refractivity contribution in [3.63, 3.8) is 0 Å². The van der Waals surface area contributed by atoms with Crippen molar-refractivity contribution >= 4 is 0 Å². The SMILES string of the molecule is OCc1coc(OCC(F)(F)C(F)F)n1. The Morgan fingerprint density at radius 2 is 2.20 bits per heavy atom. The normalized spacial score (nSPS) is 12.1. The molecule has 8 heteroatoms. The van der Waals surface area contributed by atoms with Gasteiger partial charge in [0.25, 0.3) is 0 Å². The molecule has 0 aliphatic carbocycles. The van der Waals surface area contributed by atoms with E-state index >= 15 is 0 Å². The summed E-state index contributed by atoms with van der Waals surface area (Å²) in [7, 11) is 0. The standard InChI is InChI=1S/C7H7F4NO3/c8-5(9)7(10,11)3-15-6-12-4(1-13)2-14-6/h2,5,13H,1,3H2. The summed E-state index contributed by atoms with van der Waals surface area (Å²) in [5.41, 5.74) is 0.0605. The van der Waals surface area contributed by atoms with Gasteiger partial charge in [-0.25, -0.2) is 8.78 Å². The predicted octanol–water partition coefficient (Wildman–Crippen LogP) is 1.45. The van der Waals surface area contributed by atoms with Gasteiger partial charge in [-0.3, -0.25) is 0 Å². The highest BCUT2D eigenvalue weighted by molar-refractivity contribution is 4.98. The molecule has 15 heavy (non-hydrogen) atoms. The molecule has 0 amide bonds. The van der Waals surface area contributed by atoms with Crippen molar-refractivity contribution in [1.29, 1.82) is 0 Å². The Morgan fingerprint density at radius 3 is 2.67 bits per heavy atom. The maximum atomic E-state index is 12.3. The van der Waals surface area contributed by atoms with Crippen LogP contribution in [0.5, 0.6) is 6.08 Å². The van der Waals surface area contributed by atoms with Crippen LogP contribution >= 0.6 is 0 Å². The Hall–Kier alpha value is -1.31. The smallest absolute Gasteiger partial charge is 0.393 e. The van der Waals surface area contributed by atoms with E-state index in [1.165, 1.54) is 0 Å². The van der Waals surface area contributed by atoms with Crippen LogP contribution in [-0.4, -0.2) is 29.0 Å². The maximum Gasteiger partial charge on any atom is 0.393 e. The number of hydrogen-bond donors (Lipinski definition) is 1. The van der Waals surface area contributed by atoms with E-state index in [1.54, 1.807) is 0 Å². The monoisotopic (exact) mass is 229 g/mol. The number of rotatable bonds is 5. The minimum absolute atomic E-state index is 0.0605. The highest BCUT2D eigenvalue weighted by Crippen LogP contribution is 2.23. The minimum Gasteiger partial charge on any atom is -0.444 e. The van der Waals surface area contributed by atoms with Gasteiger partial charge in [0.05, 0.1) is 6.61 Å². The molecular formula is C7H7F4NO3. The summed E-state index contributed by atoms with van der Waals surface area (Å²) in [4.78, 5) is 3.37. The fraction of sp³-hybridized carbons (Fsp3) is 0.571. The Labute approximate surface area is 81.5 Å². The average Bonchev–Trinajstić information content (AvgIpc) is 2.62. The summed E-state index contributed by atoms with van der Waals surface area (Å²) in [6.07, 6.45) is -3.43. The molecule has 0 saturated carbocycles. The molecule has 1 aromatic heterocycles. The molecular weight excluding hydrogens is 222 g/mol. The number of alkyl halides is 4. The van der Waals surface area contributed by atoms with E-state index in [0.29, 0.717) is 0 Å². The van der Waals surface area contributed by atoms with Gasteiger partial charge in [0.2, 0.25) is 0 Å². The molecule has 0 bridgehead atoms. The molecule has 0 saturated heterocycles. The molecule has 0 radical (unpaired) electrons. The number of aromatic nitrogens is 1. The summed E-state index contributed by atoms with van der Waals surface area (Å²) in [5, 5.41) is 8.52. The number of halogens is 4. The summed E-state index contributed by atoms with van der Waals surface area (Å²) in [6.45, 7) is -1.99. The van der Waals surface area contributed by atoms with Crippen LogP contribution in [0.4, 0.5) is 17.6 Å². The Morgan fingerprint density at radius 1 is 1.53 bits per heavy atom. The Kier molecular flexibility index (Phi) is 3.51. The molecule has 0 spiro atoms. The number of nitrogens with zero attached hydrogens (tertiary/aromatic N) is 1. The fourth-order valence-electron chi connectivity index (χ4n) is 0.648. The number of oxazole rings is 1. The second-order valence-corrected chi connectivity index (χ2v) is 2.61.